The third kappa shape index (κ3) is 5.66. The Kier molecular flexibility index (Phi) is 7.44. The Bertz CT molecular complexity index is 1350. The van der Waals surface area contributed by atoms with Gasteiger partial charge in [-0.3, -0.25) is 9.78 Å². The minimum atomic E-state index is 0.0562. The molecule has 1 aliphatic heterocycles. The van der Waals surface area contributed by atoms with Gasteiger partial charge in [-0.2, -0.15) is 0 Å². The van der Waals surface area contributed by atoms with Crippen LogP contribution < -0.4 is 4.74 Å². The van der Waals surface area contributed by atoms with Gasteiger partial charge in [0.2, 0.25) is 0 Å². The number of fused-ring (bicyclic) bond motifs is 3. The fraction of sp³-hybridized carbons (Fsp3) is 0.267. The average Bonchev–Trinajstić information content (AvgIpc) is 3.23. The van der Waals surface area contributed by atoms with Crippen LogP contribution in [-0.2, 0) is 17.7 Å². The highest BCUT2D eigenvalue weighted by Gasteiger charge is 2.20. The number of carbonyl (C=O) groups excluding carboxylic acids is 1. The zero-order chi connectivity index (χ0) is 24.9. The van der Waals surface area contributed by atoms with Crippen molar-refractivity contribution in [2.45, 2.75) is 26.8 Å². The average molecular weight is 499 g/mol. The molecule has 2 aromatic heterocycles. The van der Waals surface area contributed by atoms with Gasteiger partial charge in [-0.25, -0.2) is 0 Å². The molecule has 0 fully saturated rings. The largest absolute Gasteiger partial charge is 0.491 e. The fourth-order valence-corrected chi connectivity index (χ4v) is 5.52. The zero-order valence-corrected chi connectivity index (χ0v) is 21.5. The molecule has 0 saturated carbocycles. The Morgan fingerprint density at radius 1 is 0.944 bits per heavy atom. The quantitative estimate of drug-likeness (QED) is 0.337. The van der Waals surface area contributed by atoms with Gasteiger partial charge < -0.3 is 14.4 Å². The number of ether oxygens (including phenoxy) is 2. The molecular formula is C30H30N2O3S. The van der Waals surface area contributed by atoms with E-state index in [0.717, 1.165) is 49.7 Å². The number of carbonyl (C=O) groups is 1. The van der Waals surface area contributed by atoms with Crippen LogP contribution in [0.5, 0.6) is 5.75 Å². The molecule has 0 radical (unpaired) electrons. The summed E-state index contributed by atoms with van der Waals surface area (Å²) in [6.45, 7) is 6.52. The molecule has 0 saturated heterocycles. The highest BCUT2D eigenvalue weighted by atomic mass is 32.1. The number of nitrogens with zero attached hydrogens (tertiary/aromatic N) is 2. The number of rotatable bonds is 2. The van der Waals surface area contributed by atoms with Gasteiger partial charge in [0.15, 0.2) is 0 Å². The van der Waals surface area contributed by atoms with Gasteiger partial charge in [0.25, 0.3) is 5.91 Å². The van der Waals surface area contributed by atoms with Crippen LogP contribution in [0.4, 0.5) is 0 Å². The van der Waals surface area contributed by atoms with E-state index in [0.29, 0.717) is 32.9 Å². The third-order valence-corrected chi connectivity index (χ3v) is 7.33. The Morgan fingerprint density at radius 2 is 1.83 bits per heavy atom. The lowest BCUT2D eigenvalue weighted by molar-refractivity contribution is 0.0571. The number of amides is 1. The summed E-state index contributed by atoms with van der Waals surface area (Å²) in [7, 11) is 0. The summed E-state index contributed by atoms with van der Waals surface area (Å²) in [6.07, 6.45) is 4.39. The number of aromatic nitrogens is 1. The standard InChI is InChI=1S/C30H30N2O3S/c1-21-15-28(22(2)36-21)30(33)32-11-12-34-13-14-35-29-9-8-25(26-7-4-10-31-19-26)18-27(29)17-23-5-3-6-24(16-23)20-32/h3-10,15-16,18-19H,11-14,17,20H2,1-2H3. The Labute approximate surface area is 216 Å². The molecule has 184 valence electrons. The van der Waals surface area contributed by atoms with Crippen LogP contribution in [0.3, 0.4) is 0 Å². The van der Waals surface area contributed by atoms with E-state index >= 15 is 0 Å². The van der Waals surface area contributed by atoms with Gasteiger partial charge in [0, 0.05) is 47.2 Å². The van der Waals surface area contributed by atoms with Gasteiger partial charge in [0.1, 0.15) is 12.4 Å². The molecule has 2 bridgehead atoms. The summed E-state index contributed by atoms with van der Waals surface area (Å²) >= 11 is 1.66. The van der Waals surface area contributed by atoms with Crippen molar-refractivity contribution in [2.24, 2.45) is 0 Å². The smallest absolute Gasteiger partial charge is 0.255 e. The predicted molar refractivity (Wildman–Crippen MR) is 144 cm³/mol. The fourth-order valence-electron chi connectivity index (χ4n) is 4.60. The van der Waals surface area contributed by atoms with E-state index in [2.05, 4.69) is 47.4 Å². The van der Waals surface area contributed by atoms with Gasteiger partial charge in [0.05, 0.1) is 18.8 Å². The van der Waals surface area contributed by atoms with Gasteiger partial charge in [-0.1, -0.05) is 36.4 Å². The maximum atomic E-state index is 13.5. The summed E-state index contributed by atoms with van der Waals surface area (Å²) in [5.74, 6) is 0.925. The van der Waals surface area contributed by atoms with Crippen LogP contribution in [-0.4, -0.2) is 42.2 Å². The zero-order valence-electron chi connectivity index (χ0n) is 20.7. The number of hydrogen-bond acceptors (Lipinski definition) is 5. The Hall–Kier alpha value is -3.48. The molecule has 2 aromatic carbocycles. The molecule has 5 nitrogen and oxygen atoms in total. The molecular weight excluding hydrogens is 468 g/mol. The summed E-state index contributed by atoms with van der Waals surface area (Å²) in [5.41, 5.74) is 6.37. The number of hydrogen-bond donors (Lipinski definition) is 0. The monoisotopic (exact) mass is 498 g/mol. The topological polar surface area (TPSA) is 51.7 Å². The third-order valence-electron chi connectivity index (χ3n) is 6.36. The minimum absolute atomic E-state index is 0.0562. The molecule has 1 aliphatic rings. The van der Waals surface area contributed by atoms with E-state index in [1.165, 1.54) is 5.56 Å². The second-order valence-corrected chi connectivity index (χ2v) is 10.5. The second-order valence-electron chi connectivity index (χ2n) is 9.08. The first-order valence-electron chi connectivity index (χ1n) is 12.2. The molecule has 0 spiro atoms. The molecule has 0 aliphatic carbocycles. The van der Waals surface area contributed by atoms with E-state index in [4.69, 9.17) is 9.47 Å². The van der Waals surface area contributed by atoms with Crippen LogP contribution in [0, 0.1) is 13.8 Å². The maximum Gasteiger partial charge on any atom is 0.255 e. The Balaban J connectivity index is 1.45. The van der Waals surface area contributed by atoms with Crippen molar-refractivity contribution in [1.29, 1.82) is 0 Å². The predicted octanol–water partition coefficient (Wildman–Crippen LogP) is 6.07. The van der Waals surface area contributed by atoms with Crippen molar-refractivity contribution < 1.29 is 14.3 Å². The molecule has 0 atom stereocenters. The van der Waals surface area contributed by atoms with Crippen molar-refractivity contribution in [3.63, 3.8) is 0 Å². The summed E-state index contributed by atoms with van der Waals surface area (Å²) in [5, 5.41) is 0. The van der Waals surface area contributed by atoms with Gasteiger partial charge in [-0.15, -0.1) is 11.3 Å². The van der Waals surface area contributed by atoms with Gasteiger partial charge >= 0.3 is 0 Å². The lowest BCUT2D eigenvalue weighted by atomic mass is 9.98. The maximum absolute atomic E-state index is 13.5. The van der Waals surface area contributed by atoms with Crippen LogP contribution in [0.1, 0.15) is 36.8 Å². The van der Waals surface area contributed by atoms with E-state index in [9.17, 15) is 4.79 Å². The molecule has 0 N–H and O–H groups in total. The number of thiophene rings is 1. The number of aryl methyl sites for hydroxylation is 2. The van der Waals surface area contributed by atoms with E-state index < -0.39 is 0 Å². The molecule has 5 rings (SSSR count). The molecule has 4 aromatic rings. The van der Waals surface area contributed by atoms with Crippen LogP contribution in [0.15, 0.2) is 73.1 Å². The molecule has 3 heterocycles. The van der Waals surface area contributed by atoms with Crippen molar-refractivity contribution in [3.8, 4) is 16.9 Å². The molecule has 6 heteroatoms. The normalized spacial score (nSPS) is 14.4. The SMILES string of the molecule is Cc1cc(C(=O)N2CCOCCOc3ccc(-c4cccnc4)cc3Cc3cccc(c3)C2)c(C)s1. The highest BCUT2D eigenvalue weighted by Crippen LogP contribution is 2.29. The van der Waals surface area contributed by atoms with E-state index in [1.54, 1.807) is 17.5 Å². The highest BCUT2D eigenvalue weighted by molar-refractivity contribution is 7.12. The van der Waals surface area contributed by atoms with Crippen molar-refractivity contribution in [2.75, 3.05) is 26.4 Å². The lowest BCUT2D eigenvalue weighted by Gasteiger charge is -2.24. The first-order chi connectivity index (χ1) is 17.6. The minimum Gasteiger partial charge on any atom is -0.491 e. The van der Waals surface area contributed by atoms with Crippen molar-refractivity contribution in [3.05, 3.63) is 105 Å². The Morgan fingerprint density at radius 3 is 2.64 bits per heavy atom. The molecule has 1 amide bonds. The van der Waals surface area contributed by atoms with Crippen LogP contribution >= 0.6 is 11.3 Å². The van der Waals surface area contributed by atoms with Gasteiger partial charge in [-0.05, 0) is 60.4 Å². The van der Waals surface area contributed by atoms with Crippen molar-refractivity contribution in [1.82, 2.24) is 9.88 Å². The van der Waals surface area contributed by atoms with E-state index in [1.807, 2.05) is 43.1 Å². The number of pyridine rings is 1. The van der Waals surface area contributed by atoms with Crippen LogP contribution in [0.25, 0.3) is 11.1 Å². The second kappa shape index (κ2) is 11.1. The van der Waals surface area contributed by atoms with Crippen molar-refractivity contribution >= 4 is 17.2 Å². The first kappa shape index (κ1) is 24.2. The lowest BCUT2D eigenvalue weighted by Crippen LogP contribution is -2.34. The summed E-state index contributed by atoms with van der Waals surface area (Å²) in [4.78, 5) is 21.8. The van der Waals surface area contributed by atoms with Crippen LogP contribution in [0.2, 0.25) is 0 Å². The summed E-state index contributed by atoms with van der Waals surface area (Å²) < 4.78 is 12.0. The number of benzene rings is 2. The first-order valence-corrected chi connectivity index (χ1v) is 13.1. The van der Waals surface area contributed by atoms with E-state index in [-0.39, 0.29) is 5.91 Å². The summed E-state index contributed by atoms with van der Waals surface area (Å²) in [6, 6.07) is 20.8. The molecule has 0 unspecified atom stereocenters. The molecule has 36 heavy (non-hydrogen) atoms.